The average molecular weight is 868 g/mol. The molecular weight excluding hydrogens is 800 g/mol. The number of H-pyrrole nitrogens is 1. The van der Waals surface area contributed by atoms with E-state index in [-0.39, 0.29) is 42.2 Å². The summed E-state index contributed by atoms with van der Waals surface area (Å²) >= 11 is 0. The number of piperidine rings is 1. The minimum Gasteiger partial charge on any atom is -1.00 e. The molecule has 0 radical (unpaired) electrons. The van der Waals surface area contributed by atoms with E-state index in [2.05, 4.69) is 57.3 Å². The highest BCUT2D eigenvalue weighted by molar-refractivity contribution is 5.91. The summed E-state index contributed by atoms with van der Waals surface area (Å²) in [5.41, 5.74) is 10.2. The molecule has 1 aliphatic rings. The van der Waals surface area contributed by atoms with Gasteiger partial charge < -0.3 is 62.5 Å². The minimum absolute atomic E-state index is 0. The predicted molar refractivity (Wildman–Crippen MR) is 237 cm³/mol. The smallest absolute Gasteiger partial charge is 0.404 e. The van der Waals surface area contributed by atoms with Crippen LogP contribution in [0.5, 0.6) is 11.5 Å². The molecule has 336 valence electrons. The van der Waals surface area contributed by atoms with Crippen molar-refractivity contribution in [3.63, 3.8) is 0 Å². The number of halogens is 1. The second kappa shape index (κ2) is 26.0. The number of amides is 3. The Morgan fingerprint density at radius 1 is 0.984 bits per heavy atom. The first-order chi connectivity index (χ1) is 28.5. The molecule has 3 aromatic carbocycles. The molecule has 0 saturated carbocycles. The summed E-state index contributed by atoms with van der Waals surface area (Å²) in [4.78, 5) is 51.0. The zero-order valence-corrected chi connectivity index (χ0v) is 37.9. The molecule has 15 heteroatoms. The van der Waals surface area contributed by atoms with Crippen LogP contribution in [0.15, 0.2) is 66.9 Å². The highest BCUT2D eigenvalue weighted by atomic mass is 35.5. The Labute approximate surface area is 367 Å². The van der Waals surface area contributed by atoms with E-state index in [9.17, 15) is 24.3 Å². The number of rotatable bonds is 17. The number of carboxylic acids is 1. The summed E-state index contributed by atoms with van der Waals surface area (Å²) < 4.78 is 16.0. The number of hydrogen-bond donors (Lipinski definition) is 5. The van der Waals surface area contributed by atoms with Crippen molar-refractivity contribution >= 4 is 40.5 Å². The Bertz CT molecular complexity index is 1990. The second-order valence-electron chi connectivity index (χ2n) is 16.2. The Morgan fingerprint density at radius 2 is 1.69 bits per heavy atom. The zero-order valence-electron chi connectivity index (χ0n) is 37.1. The van der Waals surface area contributed by atoms with Crippen LogP contribution in [0, 0.1) is 5.92 Å². The van der Waals surface area contributed by atoms with E-state index >= 15 is 0 Å². The fraction of sp³-hybridized carbons (Fsp3) is 0.478. The largest absolute Gasteiger partial charge is 1.00 e. The summed E-state index contributed by atoms with van der Waals surface area (Å²) in [6, 6.07) is 19.1. The number of nitrogens with two attached hydrogens (primary N) is 1. The number of likely N-dealkylation sites (N-methyl/N-ethyl adjacent to an activating group) is 1. The topological polar surface area (TPSA) is 185 Å². The van der Waals surface area contributed by atoms with Crippen LogP contribution in [0.2, 0.25) is 0 Å². The number of fused-ring (bicyclic) bond motifs is 1. The van der Waals surface area contributed by atoms with Crippen molar-refractivity contribution in [2.24, 2.45) is 11.7 Å². The first-order valence-electron chi connectivity index (χ1n) is 20.7. The number of benzene rings is 3. The molecule has 1 saturated heterocycles. The predicted octanol–water partition coefficient (Wildman–Crippen LogP) is 3.87. The molecule has 1 aromatic heterocycles. The number of nitrogens with one attached hydrogen (secondary N) is 3. The monoisotopic (exact) mass is 866 g/mol. The van der Waals surface area contributed by atoms with Gasteiger partial charge in [0.1, 0.15) is 30.2 Å². The van der Waals surface area contributed by atoms with E-state index in [1.54, 1.807) is 26.2 Å². The number of aromatic nitrogens is 1. The molecule has 1 fully saturated rings. The number of nitrogens with zero attached hydrogens (tertiary/aromatic N) is 2. The van der Waals surface area contributed by atoms with Crippen molar-refractivity contribution in [1.82, 2.24) is 15.6 Å². The first kappa shape index (κ1) is 51.7. The Morgan fingerprint density at radius 3 is 2.30 bits per heavy atom. The first-order valence-corrected chi connectivity index (χ1v) is 20.7. The fourth-order valence-electron chi connectivity index (χ4n) is 6.78. The average Bonchev–Trinajstić information content (AvgIpc) is 3.59. The van der Waals surface area contributed by atoms with E-state index in [1.807, 2.05) is 51.6 Å². The third kappa shape index (κ3) is 18.4. The molecule has 0 aliphatic carbocycles. The molecule has 1 aliphatic heterocycles. The molecule has 6 N–H and O–H groups in total. The summed E-state index contributed by atoms with van der Waals surface area (Å²) in [6.45, 7) is 12.0. The van der Waals surface area contributed by atoms with Crippen LogP contribution in [0.3, 0.4) is 0 Å². The van der Waals surface area contributed by atoms with Gasteiger partial charge in [-0.15, -0.1) is 0 Å². The number of aromatic carboxylic acids is 1. The number of hydrogen-bond acceptors (Lipinski definition) is 8. The van der Waals surface area contributed by atoms with Crippen LogP contribution < -0.4 is 43.1 Å². The number of primary amides is 1. The highest BCUT2D eigenvalue weighted by Gasteiger charge is 2.23. The highest BCUT2D eigenvalue weighted by Crippen LogP contribution is 2.32. The summed E-state index contributed by atoms with van der Waals surface area (Å²) in [6.07, 6.45) is 6.77. The minimum atomic E-state index is -1.04. The lowest BCUT2D eigenvalue weighted by Gasteiger charge is -2.33. The van der Waals surface area contributed by atoms with Crippen LogP contribution in [-0.4, -0.2) is 106 Å². The van der Waals surface area contributed by atoms with Crippen molar-refractivity contribution in [2.75, 3.05) is 72.5 Å². The summed E-state index contributed by atoms with van der Waals surface area (Å²) in [5, 5.41) is 16.6. The Kier molecular flexibility index (Phi) is 22.0. The maximum atomic E-state index is 13.1. The molecule has 0 unspecified atom stereocenters. The number of aromatic amines is 1. The maximum absolute atomic E-state index is 13.1. The van der Waals surface area contributed by atoms with Gasteiger partial charge in [-0.2, -0.15) is 0 Å². The molecule has 5 rings (SSSR count). The molecule has 1 atom stereocenters. The van der Waals surface area contributed by atoms with Gasteiger partial charge in [-0.1, -0.05) is 38.1 Å². The van der Waals surface area contributed by atoms with E-state index in [4.69, 9.17) is 15.2 Å². The Hall–Kier alpha value is -5.47. The van der Waals surface area contributed by atoms with E-state index in [1.165, 1.54) is 43.5 Å². The number of anilines is 1. The normalized spacial score (nSPS) is 12.7. The van der Waals surface area contributed by atoms with Crippen molar-refractivity contribution in [2.45, 2.75) is 72.3 Å². The van der Waals surface area contributed by atoms with Gasteiger partial charge in [0.25, 0.3) is 0 Å². The van der Waals surface area contributed by atoms with Crippen LogP contribution in [0.25, 0.3) is 10.9 Å². The van der Waals surface area contributed by atoms with Crippen LogP contribution >= 0.6 is 0 Å². The van der Waals surface area contributed by atoms with Crippen molar-refractivity contribution < 1.29 is 55.4 Å². The van der Waals surface area contributed by atoms with E-state index < -0.39 is 12.1 Å². The molecule has 3 amide bonds. The number of carbonyl (C=O) groups excluding carboxylic acids is 3. The van der Waals surface area contributed by atoms with Crippen LogP contribution in [-0.2, 0) is 27.2 Å². The van der Waals surface area contributed by atoms with Crippen LogP contribution in [0.1, 0.15) is 86.5 Å². The quantitative estimate of drug-likeness (QED) is 0.0984. The number of carbonyl (C=O) groups is 4. The van der Waals surface area contributed by atoms with Crippen LogP contribution in [0.4, 0.5) is 10.5 Å². The SMILES string of the molecule is CCOc1cc(CC(=O)N[C@@H](CC(C)C)c2ccccc2N2CCCCC2)ccc1C(=O)O.COc1ccc2[nH]cc(CCNC(C)=O)c2c1.C[N+](C)(C)CCOC(N)=O.[Cl-]. The van der Waals surface area contributed by atoms with Gasteiger partial charge in [-0.05, 0) is 98.0 Å². The second-order valence-corrected chi connectivity index (χ2v) is 16.2. The Balaban J connectivity index is 0.000000379. The molecule has 61 heavy (non-hydrogen) atoms. The number of methoxy groups -OCH3 is 1. The zero-order chi connectivity index (χ0) is 44.2. The lowest BCUT2D eigenvalue weighted by atomic mass is 9.94. The molecule has 14 nitrogen and oxygen atoms in total. The van der Waals surface area contributed by atoms with Gasteiger partial charge in [-0.3, -0.25) is 9.59 Å². The van der Waals surface area contributed by atoms with Gasteiger partial charge >= 0.3 is 12.1 Å². The third-order valence-corrected chi connectivity index (χ3v) is 9.74. The fourth-order valence-corrected chi connectivity index (χ4v) is 6.78. The number of carboxylic acid groups (broad SMARTS) is 1. The lowest BCUT2D eigenvalue weighted by Crippen LogP contribution is -3.00. The van der Waals surface area contributed by atoms with Crippen molar-refractivity contribution in [3.05, 3.63) is 89.1 Å². The summed E-state index contributed by atoms with van der Waals surface area (Å²) in [7, 11) is 7.71. The van der Waals surface area contributed by atoms with Crippen molar-refractivity contribution in [1.29, 1.82) is 0 Å². The molecule has 2 heterocycles. The van der Waals surface area contributed by atoms with Gasteiger partial charge in [0.15, 0.2) is 0 Å². The molecule has 0 bridgehead atoms. The maximum Gasteiger partial charge on any atom is 0.404 e. The molecule has 0 spiro atoms. The van der Waals surface area contributed by atoms with Gasteiger partial charge in [0.05, 0.1) is 47.3 Å². The lowest BCUT2D eigenvalue weighted by molar-refractivity contribution is -0.870. The number of para-hydroxylation sites is 1. The number of ether oxygens (including phenoxy) is 3. The van der Waals surface area contributed by atoms with Crippen molar-refractivity contribution in [3.8, 4) is 11.5 Å². The molecular formula is C46H67ClN6O8. The van der Waals surface area contributed by atoms with Gasteiger partial charge in [0, 0.05) is 49.3 Å². The third-order valence-electron chi connectivity index (χ3n) is 9.74. The van der Waals surface area contributed by atoms with E-state index in [0.717, 1.165) is 64.7 Å². The van der Waals surface area contributed by atoms with Gasteiger partial charge in [-0.25, -0.2) is 9.59 Å². The molecule has 4 aromatic rings. The van der Waals surface area contributed by atoms with Gasteiger partial charge in [0.2, 0.25) is 11.8 Å². The standard InChI is InChI=1S/C27H36N2O4.C13H16N2O2.C6H14N2O2.ClH/c1-4-33-25-17-20(12-13-22(25)27(31)32)18-26(30)28-23(16-19(2)3)21-10-6-7-11-24(21)29-14-8-5-9-15-29;1-9(16)14-6-5-10-8-15-13-4-3-11(17-2)7-12(10)13;1-8(2,3)4-5-10-6(7)9;/h6-7,10-13,17,19,23H,4-5,8-9,14-16,18H2,1-3H3,(H,28,30)(H,31,32);3-4,7-8,15H,5-6H2,1-2H3,(H,14,16);4-5H2,1-3H3,(H-,7,9);1H/t23-;;;/m0.../s1. The number of quaternary nitrogens is 1. The summed E-state index contributed by atoms with van der Waals surface area (Å²) in [5.74, 6) is 0.439. The van der Waals surface area contributed by atoms with E-state index in [0.29, 0.717) is 31.4 Å².